The lowest BCUT2D eigenvalue weighted by molar-refractivity contribution is -0.130. The minimum atomic E-state index is -3.27. The van der Waals surface area contributed by atoms with Crippen LogP contribution in [0.1, 0.15) is 19.3 Å². The summed E-state index contributed by atoms with van der Waals surface area (Å²) in [6, 6.07) is 11.4. The zero-order valence-corrected chi connectivity index (χ0v) is 19.3. The molecule has 0 atom stereocenters. The second-order valence-electron chi connectivity index (χ2n) is 6.79. The van der Waals surface area contributed by atoms with Crippen molar-refractivity contribution in [3.05, 3.63) is 52.5 Å². The van der Waals surface area contributed by atoms with Crippen LogP contribution >= 0.6 is 23.2 Å². The van der Waals surface area contributed by atoms with E-state index in [1.807, 2.05) is 0 Å². The van der Waals surface area contributed by atoms with E-state index in [0.717, 1.165) is 6.26 Å². The van der Waals surface area contributed by atoms with Crippen molar-refractivity contribution >= 4 is 38.9 Å². The highest BCUT2D eigenvalue weighted by Gasteiger charge is 2.10. The highest BCUT2D eigenvalue weighted by atomic mass is 35.5. The van der Waals surface area contributed by atoms with Crippen molar-refractivity contribution in [3.63, 3.8) is 0 Å². The summed E-state index contributed by atoms with van der Waals surface area (Å²) in [5.41, 5.74) is 0. The molecule has 0 aliphatic carbocycles. The predicted octanol–water partition coefficient (Wildman–Crippen LogP) is 4.48. The minimum Gasteiger partial charge on any atom is -0.493 e. The van der Waals surface area contributed by atoms with Gasteiger partial charge in [-0.2, -0.15) is 0 Å². The molecule has 2 aromatic carbocycles. The molecule has 9 heteroatoms. The summed E-state index contributed by atoms with van der Waals surface area (Å²) in [5.74, 6) is 1.05. The number of amides is 1. The van der Waals surface area contributed by atoms with E-state index in [0.29, 0.717) is 60.6 Å². The SMILES string of the molecule is CN(CCCOc1cccc(S(C)(=O)=O)c1)C(=O)CCCOc1ccc(Cl)cc1Cl. The number of benzene rings is 2. The Morgan fingerprint density at radius 3 is 2.47 bits per heavy atom. The Kier molecular flexibility index (Phi) is 9.27. The van der Waals surface area contributed by atoms with Gasteiger partial charge in [-0.3, -0.25) is 4.79 Å². The van der Waals surface area contributed by atoms with Crippen LogP contribution in [0.5, 0.6) is 11.5 Å². The smallest absolute Gasteiger partial charge is 0.222 e. The summed E-state index contributed by atoms with van der Waals surface area (Å²) in [4.78, 5) is 14.1. The number of carbonyl (C=O) groups excluding carboxylic acids is 1. The van der Waals surface area contributed by atoms with E-state index in [1.165, 1.54) is 12.1 Å². The van der Waals surface area contributed by atoms with E-state index in [2.05, 4.69) is 0 Å². The lowest BCUT2D eigenvalue weighted by Gasteiger charge is -2.17. The highest BCUT2D eigenvalue weighted by Crippen LogP contribution is 2.27. The third-order valence-electron chi connectivity index (χ3n) is 4.25. The molecule has 0 aliphatic rings. The molecule has 0 heterocycles. The van der Waals surface area contributed by atoms with Gasteiger partial charge in [-0.25, -0.2) is 8.42 Å². The molecule has 6 nitrogen and oxygen atoms in total. The minimum absolute atomic E-state index is 0.0138. The van der Waals surface area contributed by atoms with Crippen molar-refractivity contribution in [2.45, 2.75) is 24.2 Å². The van der Waals surface area contributed by atoms with Gasteiger partial charge in [0.15, 0.2) is 9.84 Å². The normalized spacial score (nSPS) is 11.2. The maximum Gasteiger partial charge on any atom is 0.222 e. The first-order valence-electron chi connectivity index (χ1n) is 9.41. The van der Waals surface area contributed by atoms with Gasteiger partial charge in [-0.15, -0.1) is 0 Å². The number of ether oxygens (including phenoxy) is 2. The molecule has 0 saturated heterocycles. The summed E-state index contributed by atoms with van der Waals surface area (Å²) < 4.78 is 34.3. The van der Waals surface area contributed by atoms with Crippen LogP contribution in [0.15, 0.2) is 47.4 Å². The van der Waals surface area contributed by atoms with E-state index in [-0.39, 0.29) is 10.8 Å². The molecule has 0 bridgehead atoms. The summed E-state index contributed by atoms with van der Waals surface area (Å²) in [6.07, 6.45) is 2.71. The molecule has 0 spiro atoms. The number of hydrogen-bond donors (Lipinski definition) is 0. The van der Waals surface area contributed by atoms with E-state index in [9.17, 15) is 13.2 Å². The van der Waals surface area contributed by atoms with Gasteiger partial charge in [0.1, 0.15) is 11.5 Å². The number of halogens is 2. The second-order valence-corrected chi connectivity index (χ2v) is 9.65. The van der Waals surface area contributed by atoms with Crippen molar-refractivity contribution in [1.29, 1.82) is 0 Å². The zero-order valence-electron chi connectivity index (χ0n) is 16.9. The first-order chi connectivity index (χ1) is 14.2. The third-order valence-corrected chi connectivity index (χ3v) is 5.89. The number of carbonyl (C=O) groups is 1. The lowest BCUT2D eigenvalue weighted by atomic mass is 10.2. The average Bonchev–Trinajstić information content (AvgIpc) is 2.69. The van der Waals surface area contributed by atoms with Crippen LogP contribution in [0.25, 0.3) is 0 Å². The Morgan fingerprint density at radius 1 is 1.03 bits per heavy atom. The molecule has 0 fully saturated rings. The topological polar surface area (TPSA) is 72.9 Å². The molecule has 0 aromatic heterocycles. The quantitative estimate of drug-likeness (QED) is 0.449. The highest BCUT2D eigenvalue weighted by molar-refractivity contribution is 7.90. The number of rotatable bonds is 11. The fourth-order valence-electron chi connectivity index (χ4n) is 2.60. The maximum absolute atomic E-state index is 12.2. The average molecular weight is 474 g/mol. The predicted molar refractivity (Wildman–Crippen MR) is 118 cm³/mol. The molecule has 0 radical (unpaired) electrons. The van der Waals surface area contributed by atoms with Crippen LogP contribution in [-0.4, -0.2) is 52.3 Å². The van der Waals surface area contributed by atoms with Gasteiger partial charge in [0.05, 0.1) is 23.1 Å². The van der Waals surface area contributed by atoms with Crippen LogP contribution in [0.3, 0.4) is 0 Å². The number of sulfone groups is 1. The fourth-order valence-corrected chi connectivity index (χ4v) is 3.72. The molecule has 0 saturated carbocycles. The van der Waals surface area contributed by atoms with Crippen LogP contribution in [0.4, 0.5) is 0 Å². The van der Waals surface area contributed by atoms with Gasteiger partial charge in [0.2, 0.25) is 5.91 Å². The first kappa shape index (κ1) is 24.3. The largest absolute Gasteiger partial charge is 0.493 e. The van der Waals surface area contributed by atoms with E-state index >= 15 is 0 Å². The molecule has 0 aliphatic heterocycles. The van der Waals surface area contributed by atoms with Crippen molar-refractivity contribution in [2.24, 2.45) is 0 Å². The van der Waals surface area contributed by atoms with E-state index in [4.69, 9.17) is 32.7 Å². The zero-order chi connectivity index (χ0) is 22.1. The van der Waals surface area contributed by atoms with Crippen LogP contribution in [-0.2, 0) is 14.6 Å². The second kappa shape index (κ2) is 11.4. The van der Waals surface area contributed by atoms with Gasteiger partial charge in [0.25, 0.3) is 0 Å². The Labute approximate surface area is 187 Å². The molecular formula is C21H25Cl2NO5S. The maximum atomic E-state index is 12.2. The van der Waals surface area contributed by atoms with Crippen molar-refractivity contribution < 1.29 is 22.7 Å². The van der Waals surface area contributed by atoms with E-state index < -0.39 is 9.84 Å². The first-order valence-corrected chi connectivity index (χ1v) is 12.1. The Bertz CT molecular complexity index is 966. The van der Waals surface area contributed by atoms with Gasteiger partial charge in [-0.05, 0) is 49.2 Å². The summed E-state index contributed by atoms with van der Waals surface area (Å²) in [7, 11) is -1.53. The number of nitrogens with zero attached hydrogens (tertiary/aromatic N) is 1. The van der Waals surface area contributed by atoms with E-state index in [1.54, 1.807) is 42.3 Å². The molecule has 2 rings (SSSR count). The molecular weight excluding hydrogens is 449 g/mol. The third kappa shape index (κ3) is 8.05. The van der Waals surface area contributed by atoms with Crippen molar-refractivity contribution in [3.8, 4) is 11.5 Å². The summed E-state index contributed by atoms with van der Waals surface area (Å²) in [6.45, 7) is 1.29. The Hall–Kier alpha value is -1.96. The molecule has 1 amide bonds. The number of hydrogen-bond acceptors (Lipinski definition) is 5. The van der Waals surface area contributed by atoms with Gasteiger partial charge in [-0.1, -0.05) is 29.3 Å². The Morgan fingerprint density at radius 2 is 1.77 bits per heavy atom. The molecule has 0 unspecified atom stereocenters. The van der Waals surface area contributed by atoms with Crippen molar-refractivity contribution in [1.82, 2.24) is 4.90 Å². The standard InChI is InChI=1S/C21H25Cl2NO5S/c1-24(11-5-13-28-17-6-3-7-18(15-17)30(2,26)27)21(25)8-4-12-29-20-10-9-16(22)14-19(20)23/h3,6-7,9-10,14-15H,4-5,8,11-13H2,1-2H3. The molecule has 164 valence electrons. The van der Waals surface area contributed by atoms with Crippen LogP contribution < -0.4 is 9.47 Å². The van der Waals surface area contributed by atoms with Gasteiger partial charge >= 0.3 is 0 Å². The summed E-state index contributed by atoms with van der Waals surface area (Å²) >= 11 is 11.9. The lowest BCUT2D eigenvalue weighted by Crippen LogP contribution is -2.28. The van der Waals surface area contributed by atoms with Gasteiger partial charge in [0, 0.05) is 31.3 Å². The van der Waals surface area contributed by atoms with Crippen molar-refractivity contribution in [2.75, 3.05) is 33.1 Å². The molecule has 0 N–H and O–H groups in total. The fraction of sp³-hybridized carbons (Fsp3) is 0.381. The van der Waals surface area contributed by atoms with Crippen LogP contribution in [0, 0.1) is 0 Å². The molecule has 30 heavy (non-hydrogen) atoms. The van der Waals surface area contributed by atoms with Crippen LogP contribution in [0.2, 0.25) is 10.0 Å². The molecule has 2 aromatic rings. The monoisotopic (exact) mass is 473 g/mol. The Balaban J connectivity index is 1.65. The summed E-state index contributed by atoms with van der Waals surface area (Å²) in [5, 5.41) is 0.976. The van der Waals surface area contributed by atoms with Gasteiger partial charge < -0.3 is 14.4 Å².